The average Bonchev–Trinajstić information content (AvgIpc) is 4.16. The Morgan fingerprint density at radius 1 is 0.760 bits per heavy atom. The quantitative estimate of drug-likeness (QED) is 0.0655. The maximum atomic E-state index is 13.2. The van der Waals surface area contributed by atoms with E-state index >= 15 is 0 Å². The molecule has 18 nitrogen and oxygen atoms in total. The summed E-state index contributed by atoms with van der Waals surface area (Å²) in [4.78, 5) is 27.6. The van der Waals surface area contributed by atoms with Crippen molar-refractivity contribution in [2.75, 3.05) is 12.4 Å². The number of alkyl halides is 5. The molecule has 0 aromatic heterocycles. The van der Waals surface area contributed by atoms with Crippen LogP contribution in [0.4, 0.5) is 13.2 Å². The number of halogens is 5. The number of rotatable bonds is 3. The van der Waals surface area contributed by atoms with E-state index in [0.717, 1.165) is 62.6 Å². The van der Waals surface area contributed by atoms with Crippen molar-refractivity contribution in [2.45, 2.75) is 89.1 Å². The molecule has 4 saturated heterocycles. The molecule has 4 aromatic carbocycles. The minimum absolute atomic E-state index is 0. The standard InChI is InChI=1S/C23H18F3N3O4S.C21H19N3O3S.CH2Cl2.CH2O3.CH4O2.CH4.2K.H/c24-23(25,26)22(30)29-14-6-7-15(29)10-13(9-14)20-16-3-1-2-4-18(16)32-19-11-12(5-8-17(19)20)21-27-33-34(31)28-21;25-28-24-21(23-27-28)12-5-8-17-19(11-12)26-18-4-2-1-3-16(18)20(17)13-9-14-6-7-15(10-13)22-14;2-1-3;2-1-4-3;1-3-2;;;;/h1-5,8,11,14-15H,6-7,9-10H2,(H,27,28);1-5,8,11,14-15,22H,6-7,9-10H2,(H,23,24);1H2;1,3H;2H,1H3;1H4;;;/q;;;;;;2*+1;-1/p-1. The van der Waals surface area contributed by atoms with Gasteiger partial charge in [-0.3, -0.25) is 14.8 Å². The number of hydrogen-bond acceptors (Lipinski definition) is 15. The molecule has 1 amide bonds. The van der Waals surface area contributed by atoms with E-state index in [2.05, 4.69) is 53.0 Å². The van der Waals surface area contributed by atoms with Crippen LogP contribution in [0.3, 0.4) is 0 Å². The zero-order chi connectivity index (χ0) is 51.1. The minimum Gasteiger partial charge on any atom is -1.00 e. The number of carbonyl (C=O) groups is 2. The number of para-hydroxylation sites is 2. The molecule has 4 fully saturated rings. The van der Waals surface area contributed by atoms with Crippen molar-refractivity contribution in [2.24, 2.45) is 8.80 Å². The van der Waals surface area contributed by atoms with Crippen LogP contribution in [0.1, 0.15) is 93.6 Å². The van der Waals surface area contributed by atoms with Gasteiger partial charge in [-0.1, -0.05) is 67.1 Å². The van der Waals surface area contributed by atoms with E-state index in [-0.39, 0.29) is 123 Å². The second-order valence-electron chi connectivity index (χ2n) is 16.8. The number of fused-ring (bicyclic) bond motifs is 8. The van der Waals surface area contributed by atoms with Gasteiger partial charge >= 0.3 is 137 Å². The Hall–Kier alpha value is -2.46. The number of hydrogen-bond donors (Lipinski definition) is 4. The Labute approximate surface area is 531 Å². The van der Waals surface area contributed by atoms with Gasteiger partial charge in [-0.25, -0.2) is 24.3 Å². The van der Waals surface area contributed by atoms with E-state index in [9.17, 15) is 26.4 Å². The van der Waals surface area contributed by atoms with Gasteiger partial charge < -0.3 is 31.3 Å². The molecule has 6 unspecified atom stereocenters. The topological polar surface area (TPSA) is 231 Å². The molecule has 75 heavy (non-hydrogen) atoms. The van der Waals surface area contributed by atoms with Crippen LogP contribution in [0, 0.1) is 0 Å². The summed E-state index contributed by atoms with van der Waals surface area (Å²) in [6, 6.07) is 27.4. The Balaban J connectivity index is 0.000000271. The molecular formula is C48H49Cl2F3K2N6O12S2. The monoisotopic (exact) mass is 1170 g/mol. The largest absolute Gasteiger partial charge is 1.00 e. The van der Waals surface area contributed by atoms with Crippen molar-refractivity contribution in [3.63, 3.8) is 0 Å². The van der Waals surface area contributed by atoms with Crippen LogP contribution in [0.15, 0.2) is 105 Å². The maximum absolute atomic E-state index is 13.2. The van der Waals surface area contributed by atoms with Gasteiger partial charge in [0.2, 0.25) is 0 Å². The second-order valence-corrected chi connectivity index (χ2v) is 19.2. The molecule has 6 atom stereocenters. The Bertz CT molecular complexity index is 2880. The van der Waals surface area contributed by atoms with Crippen molar-refractivity contribution in [3.8, 4) is 23.0 Å². The first-order chi connectivity index (χ1) is 34.8. The molecule has 8 aliphatic rings. The van der Waals surface area contributed by atoms with E-state index in [1.807, 2.05) is 54.6 Å². The summed E-state index contributed by atoms with van der Waals surface area (Å²) in [7, 11) is 1.18. The number of carbonyl (C=O) groups excluding carboxylic acids is 2. The molecule has 0 radical (unpaired) electrons. The van der Waals surface area contributed by atoms with E-state index < -0.39 is 46.7 Å². The fourth-order valence-electron chi connectivity index (χ4n) is 10.1. The first kappa shape index (κ1) is 63.4. The zero-order valence-corrected chi connectivity index (χ0v) is 49.2. The van der Waals surface area contributed by atoms with Crippen molar-refractivity contribution in [1.29, 1.82) is 0 Å². The van der Waals surface area contributed by atoms with E-state index in [0.29, 0.717) is 66.5 Å². The third-order valence-electron chi connectivity index (χ3n) is 12.7. The van der Waals surface area contributed by atoms with Crippen LogP contribution in [-0.2, 0) is 50.5 Å². The molecule has 4 aromatic rings. The summed E-state index contributed by atoms with van der Waals surface area (Å²) in [5, 5.41) is 19.4. The number of amides is 1. The Morgan fingerprint density at radius 2 is 1.15 bits per heavy atom. The van der Waals surface area contributed by atoms with Crippen LogP contribution in [0.2, 0.25) is 0 Å². The molecule has 4 bridgehead atoms. The van der Waals surface area contributed by atoms with Crippen molar-refractivity contribution in [3.05, 3.63) is 129 Å². The fraction of sp³-hybridized carbons (Fsp3) is 0.333. The Kier molecular flexibility index (Phi) is 24.6. The predicted octanol–water partition coefficient (Wildman–Crippen LogP) is 2.26. The second kappa shape index (κ2) is 29.1. The molecule has 8 heterocycles. The summed E-state index contributed by atoms with van der Waals surface area (Å²) >= 11 is 6.04. The third-order valence-corrected chi connectivity index (χ3v) is 13.8. The van der Waals surface area contributed by atoms with Gasteiger partial charge in [0, 0.05) is 57.5 Å². The molecule has 0 saturated carbocycles. The van der Waals surface area contributed by atoms with E-state index in [1.165, 1.54) is 36.7 Å². The first-order valence-corrected chi connectivity index (χ1v) is 25.2. The number of hydroxylamine groups is 2. The number of nitrogens with one attached hydrogen (secondary N) is 3. The number of benzene rings is 4. The minimum atomic E-state index is -4.87. The first-order valence-electron chi connectivity index (χ1n) is 22.1. The molecular weight excluding hydrogens is 1120 g/mol. The van der Waals surface area contributed by atoms with Gasteiger partial charge in [-0.05, 0) is 98.9 Å². The number of piperidine rings is 2. The normalized spacial score (nSPS) is 22.5. The number of ether oxygens (including phenoxy) is 2. The smallest absolute Gasteiger partial charge is 1.00 e. The summed E-state index contributed by atoms with van der Waals surface area (Å²) in [6.07, 6.45) is 1.68. The zero-order valence-electron chi connectivity index (χ0n) is 40.8. The van der Waals surface area contributed by atoms with Crippen molar-refractivity contribution < 1.29 is 174 Å². The molecule has 0 aliphatic carbocycles. The van der Waals surface area contributed by atoms with Crippen LogP contribution < -0.4 is 134 Å². The summed E-state index contributed by atoms with van der Waals surface area (Å²) in [5.74, 6) is 1.89. The van der Waals surface area contributed by atoms with Gasteiger partial charge in [0.05, 0.1) is 12.4 Å². The van der Waals surface area contributed by atoms with Gasteiger partial charge in [0.1, 0.15) is 23.0 Å². The third kappa shape index (κ3) is 14.9. The molecule has 4 N–H and O–H groups in total. The summed E-state index contributed by atoms with van der Waals surface area (Å²) in [5.41, 5.74) is 15.3. The molecule has 392 valence electrons. The van der Waals surface area contributed by atoms with Crippen molar-refractivity contribution in [1.82, 2.24) is 21.2 Å². The molecule has 27 heteroatoms. The predicted molar refractivity (Wildman–Crippen MR) is 265 cm³/mol. The van der Waals surface area contributed by atoms with Crippen molar-refractivity contribution >= 4 is 80.9 Å². The van der Waals surface area contributed by atoms with Crippen LogP contribution in [0.5, 0.6) is 23.0 Å². The number of amidine groups is 2. The van der Waals surface area contributed by atoms with Crippen LogP contribution in [0.25, 0.3) is 11.1 Å². The number of nitrogens with zero attached hydrogens (tertiary/aromatic N) is 3. The SMILES string of the molecule is C.COO.ClCCl.O=C(N1C2CCC1CC(=C1c3ccccc3Oc3cc(C4=NS(=O)ON4)ccc31)C2)C(F)(F)F.O=CO[O-].O=S1N=C(c2ccc3c(c2)Oc2ccccc2C3=C2CC3CCC(C2)N3)NO1.[H-].[K+].[K+]. The van der Waals surface area contributed by atoms with Crippen LogP contribution >= 0.6 is 23.2 Å². The van der Waals surface area contributed by atoms with Gasteiger partial charge in [0.15, 0.2) is 11.7 Å². The molecule has 8 aliphatic heterocycles. The Morgan fingerprint density at radius 3 is 1.52 bits per heavy atom. The van der Waals surface area contributed by atoms with E-state index in [4.69, 9.17) is 56.6 Å². The van der Waals surface area contributed by atoms with Crippen LogP contribution in [-0.4, -0.2) is 85.4 Å². The van der Waals surface area contributed by atoms with Gasteiger partial charge in [0.25, 0.3) is 6.47 Å². The fourth-order valence-corrected chi connectivity index (χ4v) is 11.1. The van der Waals surface area contributed by atoms with Gasteiger partial charge in [-0.2, -0.15) is 21.7 Å². The molecule has 0 spiro atoms. The van der Waals surface area contributed by atoms with Gasteiger partial charge in [-0.15, -0.1) is 32.0 Å². The molecule has 12 rings (SSSR count). The summed E-state index contributed by atoms with van der Waals surface area (Å²) in [6.45, 7) is -0.181. The average molecular weight is 1170 g/mol. The maximum Gasteiger partial charge on any atom is 1.00 e. The van der Waals surface area contributed by atoms with E-state index in [1.54, 1.807) is 12.1 Å². The summed E-state index contributed by atoms with van der Waals surface area (Å²) < 4.78 is 92.3.